The first-order chi connectivity index (χ1) is 6.63. The Labute approximate surface area is 91.3 Å². The fraction of sp³-hybridized carbons (Fsp3) is 0.636. The highest BCUT2D eigenvalue weighted by Gasteiger charge is 2.03. The normalized spacial score (nSPS) is 13.1. The minimum atomic E-state index is 0.577. The van der Waals surface area contributed by atoms with Crippen molar-refractivity contribution in [3.05, 3.63) is 23.0 Å². The first-order valence-corrected chi connectivity index (χ1v) is 5.55. The Hall–Kier alpha value is -0.470. The van der Waals surface area contributed by atoms with Gasteiger partial charge in [-0.1, -0.05) is 24.9 Å². The van der Waals surface area contributed by atoms with Crippen LogP contribution >= 0.6 is 11.6 Å². The van der Waals surface area contributed by atoms with Crippen LogP contribution in [0.4, 0.5) is 0 Å². The highest BCUT2D eigenvalue weighted by Crippen LogP contribution is 2.12. The van der Waals surface area contributed by atoms with E-state index in [9.17, 15) is 0 Å². The van der Waals surface area contributed by atoms with Crippen LogP contribution in [0.2, 0.25) is 5.02 Å². The van der Waals surface area contributed by atoms with Crippen molar-refractivity contribution < 1.29 is 0 Å². The predicted molar refractivity (Wildman–Crippen MR) is 61.6 cm³/mol. The van der Waals surface area contributed by atoms with E-state index in [-0.39, 0.29) is 0 Å². The van der Waals surface area contributed by atoms with Crippen LogP contribution in [0.1, 0.15) is 32.4 Å². The molecule has 0 aliphatic carbocycles. The van der Waals surface area contributed by atoms with Crippen molar-refractivity contribution in [1.82, 2.24) is 9.88 Å². The number of nitrogens with one attached hydrogen (secondary N) is 1. The lowest BCUT2D eigenvalue weighted by atomic mass is 10.2. The summed E-state index contributed by atoms with van der Waals surface area (Å²) in [5.74, 6) is 0. The van der Waals surface area contributed by atoms with Gasteiger partial charge in [0.25, 0.3) is 0 Å². The van der Waals surface area contributed by atoms with Crippen molar-refractivity contribution in [2.24, 2.45) is 7.05 Å². The Morgan fingerprint density at radius 2 is 2.29 bits per heavy atom. The van der Waals surface area contributed by atoms with Crippen LogP contribution in [0, 0.1) is 0 Å². The second-order valence-corrected chi connectivity index (χ2v) is 4.27. The predicted octanol–water partition coefficient (Wildman–Crippen LogP) is 2.96. The second kappa shape index (κ2) is 5.42. The molecule has 0 saturated heterocycles. The molecule has 1 N–H and O–H groups in total. The quantitative estimate of drug-likeness (QED) is 0.798. The molecule has 1 aromatic heterocycles. The van der Waals surface area contributed by atoms with E-state index in [0.29, 0.717) is 6.04 Å². The average Bonchev–Trinajstić information content (AvgIpc) is 2.42. The molecule has 1 rings (SSSR count). The fourth-order valence-electron chi connectivity index (χ4n) is 1.56. The van der Waals surface area contributed by atoms with Crippen LogP contribution in [-0.4, -0.2) is 10.6 Å². The summed E-state index contributed by atoms with van der Waals surface area (Å²) >= 11 is 5.89. The standard InChI is InChI=1S/C11H19ClN2/c1-4-5-9(2)13-7-11-6-10(12)8-14(11)3/h6,8-9,13H,4-5,7H2,1-3H3. The summed E-state index contributed by atoms with van der Waals surface area (Å²) in [4.78, 5) is 0. The van der Waals surface area contributed by atoms with Crippen LogP contribution in [0.25, 0.3) is 0 Å². The molecule has 0 aromatic carbocycles. The summed E-state index contributed by atoms with van der Waals surface area (Å²) in [7, 11) is 2.02. The molecule has 1 heterocycles. The van der Waals surface area contributed by atoms with Gasteiger partial charge in [-0.2, -0.15) is 0 Å². The van der Waals surface area contributed by atoms with Gasteiger partial charge >= 0.3 is 0 Å². The summed E-state index contributed by atoms with van der Waals surface area (Å²) in [5, 5.41) is 4.29. The molecule has 3 heteroatoms. The van der Waals surface area contributed by atoms with Gasteiger partial charge in [0.15, 0.2) is 0 Å². The molecule has 14 heavy (non-hydrogen) atoms. The molecule has 0 bridgehead atoms. The van der Waals surface area contributed by atoms with Crippen molar-refractivity contribution in [1.29, 1.82) is 0 Å². The fourth-order valence-corrected chi connectivity index (χ4v) is 1.83. The molecular weight excluding hydrogens is 196 g/mol. The zero-order chi connectivity index (χ0) is 10.6. The molecule has 0 radical (unpaired) electrons. The molecule has 1 aromatic rings. The van der Waals surface area contributed by atoms with Crippen molar-refractivity contribution >= 4 is 11.6 Å². The van der Waals surface area contributed by atoms with E-state index in [1.807, 2.05) is 19.3 Å². The van der Waals surface area contributed by atoms with Gasteiger partial charge in [-0.05, 0) is 19.4 Å². The van der Waals surface area contributed by atoms with Gasteiger partial charge in [0, 0.05) is 31.5 Å². The first-order valence-electron chi connectivity index (χ1n) is 5.17. The number of hydrogen-bond acceptors (Lipinski definition) is 1. The number of hydrogen-bond donors (Lipinski definition) is 1. The van der Waals surface area contributed by atoms with Gasteiger partial charge in [-0.15, -0.1) is 0 Å². The van der Waals surface area contributed by atoms with Gasteiger partial charge in [-0.25, -0.2) is 0 Å². The van der Waals surface area contributed by atoms with Crippen LogP contribution < -0.4 is 5.32 Å². The first kappa shape index (κ1) is 11.6. The van der Waals surface area contributed by atoms with Gasteiger partial charge < -0.3 is 9.88 Å². The summed E-state index contributed by atoms with van der Waals surface area (Å²) in [5.41, 5.74) is 1.23. The van der Waals surface area contributed by atoms with E-state index >= 15 is 0 Å². The zero-order valence-corrected chi connectivity index (χ0v) is 9.93. The minimum absolute atomic E-state index is 0.577. The lowest BCUT2D eigenvalue weighted by Gasteiger charge is -2.12. The molecule has 80 valence electrons. The van der Waals surface area contributed by atoms with Crippen molar-refractivity contribution in [3.8, 4) is 0 Å². The Morgan fingerprint density at radius 3 is 2.79 bits per heavy atom. The molecule has 0 spiro atoms. The third-order valence-electron chi connectivity index (χ3n) is 2.43. The maximum Gasteiger partial charge on any atom is 0.0585 e. The third kappa shape index (κ3) is 3.35. The number of rotatable bonds is 5. The molecular formula is C11H19ClN2. The highest BCUT2D eigenvalue weighted by atomic mass is 35.5. The molecule has 0 saturated carbocycles. The SMILES string of the molecule is CCCC(C)NCc1cc(Cl)cn1C. The van der Waals surface area contributed by atoms with E-state index in [4.69, 9.17) is 11.6 Å². The molecule has 1 unspecified atom stereocenters. The molecule has 1 atom stereocenters. The maximum atomic E-state index is 5.89. The minimum Gasteiger partial charge on any atom is -0.352 e. The molecule has 0 aliphatic heterocycles. The van der Waals surface area contributed by atoms with Crippen molar-refractivity contribution in [2.75, 3.05) is 0 Å². The number of aromatic nitrogens is 1. The summed E-state index contributed by atoms with van der Waals surface area (Å²) in [6.07, 6.45) is 4.38. The van der Waals surface area contributed by atoms with Crippen LogP contribution in [0.3, 0.4) is 0 Å². The summed E-state index contributed by atoms with van der Waals surface area (Å²) in [6, 6.07) is 2.58. The van der Waals surface area contributed by atoms with E-state index in [2.05, 4.69) is 23.7 Å². The van der Waals surface area contributed by atoms with Gasteiger partial charge in [0.05, 0.1) is 5.02 Å². The van der Waals surface area contributed by atoms with E-state index in [1.54, 1.807) is 0 Å². The van der Waals surface area contributed by atoms with Gasteiger partial charge in [-0.3, -0.25) is 0 Å². The van der Waals surface area contributed by atoms with Gasteiger partial charge in [0.2, 0.25) is 0 Å². The zero-order valence-electron chi connectivity index (χ0n) is 9.18. The topological polar surface area (TPSA) is 17.0 Å². The lowest BCUT2D eigenvalue weighted by molar-refractivity contribution is 0.499. The smallest absolute Gasteiger partial charge is 0.0585 e. The number of halogens is 1. The van der Waals surface area contributed by atoms with Crippen LogP contribution in [0.15, 0.2) is 12.3 Å². The van der Waals surface area contributed by atoms with E-state index < -0.39 is 0 Å². The van der Waals surface area contributed by atoms with E-state index in [0.717, 1.165) is 11.6 Å². The maximum absolute atomic E-state index is 5.89. The number of nitrogens with zero attached hydrogens (tertiary/aromatic N) is 1. The molecule has 0 aliphatic rings. The second-order valence-electron chi connectivity index (χ2n) is 3.83. The van der Waals surface area contributed by atoms with Gasteiger partial charge in [0.1, 0.15) is 0 Å². The average molecular weight is 215 g/mol. The summed E-state index contributed by atoms with van der Waals surface area (Å²) < 4.78 is 2.06. The molecule has 0 fully saturated rings. The highest BCUT2D eigenvalue weighted by molar-refractivity contribution is 6.30. The van der Waals surface area contributed by atoms with Crippen molar-refractivity contribution in [2.45, 2.75) is 39.3 Å². The molecule has 2 nitrogen and oxygen atoms in total. The Kier molecular flexibility index (Phi) is 4.49. The Balaban J connectivity index is 2.41. The Morgan fingerprint density at radius 1 is 1.57 bits per heavy atom. The largest absolute Gasteiger partial charge is 0.352 e. The van der Waals surface area contributed by atoms with Crippen molar-refractivity contribution in [3.63, 3.8) is 0 Å². The lowest BCUT2D eigenvalue weighted by Crippen LogP contribution is -2.25. The Bertz CT molecular complexity index is 281. The summed E-state index contributed by atoms with van der Waals surface area (Å²) in [6.45, 7) is 5.32. The number of aryl methyl sites for hydroxylation is 1. The van der Waals surface area contributed by atoms with Crippen LogP contribution in [-0.2, 0) is 13.6 Å². The third-order valence-corrected chi connectivity index (χ3v) is 2.63. The van der Waals surface area contributed by atoms with E-state index in [1.165, 1.54) is 18.5 Å². The van der Waals surface area contributed by atoms with Crippen LogP contribution in [0.5, 0.6) is 0 Å². The molecule has 0 amide bonds. The monoisotopic (exact) mass is 214 g/mol.